The van der Waals surface area contributed by atoms with Gasteiger partial charge in [0, 0.05) is 25.3 Å². The lowest BCUT2D eigenvalue weighted by Crippen LogP contribution is -2.20. The van der Waals surface area contributed by atoms with E-state index in [-0.39, 0.29) is 5.82 Å². The minimum atomic E-state index is -0.277. The highest BCUT2D eigenvalue weighted by atomic mass is 19.1. The fraction of sp³-hybridized carbons (Fsp3) is 0.500. The monoisotopic (exact) mass is 248 g/mol. The molecule has 0 unspecified atom stereocenters. The number of rotatable bonds is 7. The third kappa shape index (κ3) is 4.10. The van der Waals surface area contributed by atoms with E-state index < -0.39 is 0 Å². The van der Waals surface area contributed by atoms with Gasteiger partial charge in [-0.25, -0.2) is 4.39 Å². The lowest BCUT2D eigenvalue weighted by Gasteiger charge is -2.07. The highest BCUT2D eigenvalue weighted by Crippen LogP contribution is 2.28. The predicted octanol–water partition coefficient (Wildman–Crippen LogP) is 2.21. The van der Waals surface area contributed by atoms with E-state index in [0.29, 0.717) is 30.8 Å². The van der Waals surface area contributed by atoms with E-state index in [9.17, 15) is 4.39 Å². The van der Waals surface area contributed by atoms with E-state index in [0.717, 1.165) is 12.5 Å². The summed E-state index contributed by atoms with van der Waals surface area (Å²) >= 11 is 0. The van der Waals surface area contributed by atoms with Crippen LogP contribution in [0.25, 0.3) is 0 Å². The maximum atomic E-state index is 13.4. The van der Waals surface area contributed by atoms with Gasteiger partial charge in [-0.05, 0) is 37.0 Å². The largest absolute Gasteiger partial charge is 0.380 e. The van der Waals surface area contributed by atoms with Crippen LogP contribution < -0.4 is 5.32 Å². The van der Waals surface area contributed by atoms with Gasteiger partial charge in [-0.3, -0.25) is 0 Å². The van der Waals surface area contributed by atoms with Gasteiger partial charge in [-0.1, -0.05) is 0 Å². The average molecular weight is 248 g/mol. The van der Waals surface area contributed by atoms with Gasteiger partial charge < -0.3 is 10.1 Å². The molecule has 4 heteroatoms. The standard InChI is InChI=1S/C14H17FN2O/c15-14-4-3-12(8-16)7-13(14)9-17-5-6-18-10-11-1-2-11/h3-4,7,11,17H,1-2,5-6,9-10H2. The Balaban J connectivity index is 1.67. The SMILES string of the molecule is N#Cc1ccc(F)c(CNCCOCC2CC2)c1. The first-order chi connectivity index (χ1) is 8.79. The molecule has 1 N–H and O–H groups in total. The molecular formula is C14H17FN2O. The van der Waals surface area contributed by atoms with Crippen LogP contribution in [0.5, 0.6) is 0 Å². The quantitative estimate of drug-likeness (QED) is 0.752. The van der Waals surface area contributed by atoms with Gasteiger partial charge in [-0.2, -0.15) is 5.26 Å². The molecule has 1 aliphatic carbocycles. The fourth-order valence-corrected chi connectivity index (χ4v) is 1.68. The Bertz CT molecular complexity index is 438. The third-order valence-electron chi connectivity index (χ3n) is 2.96. The second-order valence-corrected chi connectivity index (χ2v) is 4.61. The molecule has 1 aromatic rings. The Morgan fingerprint density at radius 2 is 2.28 bits per heavy atom. The topological polar surface area (TPSA) is 45.0 Å². The molecule has 96 valence electrons. The van der Waals surface area contributed by atoms with E-state index >= 15 is 0 Å². The molecule has 2 rings (SSSR count). The summed E-state index contributed by atoms with van der Waals surface area (Å²) in [6, 6.07) is 6.40. The minimum Gasteiger partial charge on any atom is -0.380 e. The predicted molar refractivity (Wildman–Crippen MR) is 66.4 cm³/mol. The average Bonchev–Trinajstić information content (AvgIpc) is 3.19. The number of hydrogen-bond donors (Lipinski definition) is 1. The molecule has 18 heavy (non-hydrogen) atoms. The van der Waals surface area contributed by atoms with Crippen molar-refractivity contribution in [2.75, 3.05) is 19.8 Å². The van der Waals surface area contributed by atoms with Crippen molar-refractivity contribution in [3.63, 3.8) is 0 Å². The Morgan fingerprint density at radius 3 is 3.00 bits per heavy atom. The second kappa shape index (κ2) is 6.48. The Hall–Kier alpha value is -1.44. The summed E-state index contributed by atoms with van der Waals surface area (Å²) in [5.74, 6) is 0.496. The molecule has 0 aromatic heterocycles. The summed E-state index contributed by atoms with van der Waals surface area (Å²) in [5.41, 5.74) is 1.01. The van der Waals surface area contributed by atoms with Crippen LogP contribution in [0.4, 0.5) is 4.39 Å². The van der Waals surface area contributed by atoms with Crippen molar-refractivity contribution in [3.8, 4) is 6.07 Å². The van der Waals surface area contributed by atoms with E-state index in [1.165, 1.54) is 25.0 Å². The summed E-state index contributed by atoms with van der Waals surface area (Å²) in [6.45, 7) is 2.62. The van der Waals surface area contributed by atoms with E-state index in [4.69, 9.17) is 10.00 Å². The third-order valence-corrected chi connectivity index (χ3v) is 2.96. The van der Waals surface area contributed by atoms with Crippen molar-refractivity contribution in [2.45, 2.75) is 19.4 Å². The highest BCUT2D eigenvalue weighted by molar-refractivity contribution is 5.33. The van der Waals surface area contributed by atoms with E-state index in [1.807, 2.05) is 6.07 Å². The first-order valence-electron chi connectivity index (χ1n) is 6.26. The summed E-state index contributed by atoms with van der Waals surface area (Å²) in [7, 11) is 0. The van der Waals surface area contributed by atoms with Crippen molar-refractivity contribution in [1.82, 2.24) is 5.32 Å². The number of halogens is 1. The molecule has 0 heterocycles. The molecule has 0 amide bonds. The molecule has 0 saturated heterocycles. The summed E-state index contributed by atoms with van der Waals surface area (Å²) in [5, 5.41) is 11.9. The van der Waals surface area contributed by atoms with Gasteiger partial charge in [0.1, 0.15) is 5.82 Å². The molecule has 1 saturated carbocycles. The molecule has 0 bridgehead atoms. The van der Waals surface area contributed by atoms with Gasteiger partial charge in [0.2, 0.25) is 0 Å². The van der Waals surface area contributed by atoms with Crippen LogP contribution >= 0.6 is 0 Å². The van der Waals surface area contributed by atoms with Gasteiger partial charge in [0.15, 0.2) is 0 Å². The zero-order valence-corrected chi connectivity index (χ0v) is 10.3. The highest BCUT2D eigenvalue weighted by Gasteiger charge is 2.20. The summed E-state index contributed by atoms with van der Waals surface area (Å²) in [6.07, 6.45) is 2.58. The van der Waals surface area contributed by atoms with Crippen LogP contribution in [0.15, 0.2) is 18.2 Å². The van der Waals surface area contributed by atoms with Crippen LogP contribution in [0.1, 0.15) is 24.0 Å². The molecule has 0 aliphatic heterocycles. The lowest BCUT2D eigenvalue weighted by atomic mass is 10.1. The number of benzene rings is 1. The second-order valence-electron chi connectivity index (χ2n) is 4.61. The van der Waals surface area contributed by atoms with Gasteiger partial charge in [0.25, 0.3) is 0 Å². The number of nitriles is 1. The van der Waals surface area contributed by atoms with Crippen molar-refractivity contribution >= 4 is 0 Å². The minimum absolute atomic E-state index is 0.277. The first-order valence-corrected chi connectivity index (χ1v) is 6.26. The Labute approximate surface area is 107 Å². The first kappa shape index (κ1) is 13.0. The molecule has 0 radical (unpaired) electrons. The summed E-state index contributed by atoms with van der Waals surface area (Å²) < 4.78 is 18.9. The van der Waals surface area contributed by atoms with Gasteiger partial charge in [-0.15, -0.1) is 0 Å². The van der Waals surface area contributed by atoms with Crippen LogP contribution in [0.3, 0.4) is 0 Å². The molecule has 1 aliphatic rings. The molecular weight excluding hydrogens is 231 g/mol. The van der Waals surface area contributed by atoms with Crippen LogP contribution in [-0.4, -0.2) is 19.8 Å². The van der Waals surface area contributed by atoms with Crippen molar-refractivity contribution in [2.24, 2.45) is 5.92 Å². The lowest BCUT2D eigenvalue weighted by molar-refractivity contribution is 0.126. The number of hydrogen-bond acceptors (Lipinski definition) is 3. The fourth-order valence-electron chi connectivity index (χ4n) is 1.68. The van der Waals surface area contributed by atoms with Gasteiger partial charge >= 0.3 is 0 Å². The van der Waals surface area contributed by atoms with E-state index in [2.05, 4.69) is 5.32 Å². The Kier molecular flexibility index (Phi) is 4.68. The van der Waals surface area contributed by atoms with Crippen LogP contribution in [0, 0.1) is 23.1 Å². The zero-order valence-electron chi connectivity index (χ0n) is 10.3. The van der Waals surface area contributed by atoms with Crippen LogP contribution in [0.2, 0.25) is 0 Å². The van der Waals surface area contributed by atoms with Crippen LogP contribution in [-0.2, 0) is 11.3 Å². The van der Waals surface area contributed by atoms with Crippen molar-refractivity contribution in [1.29, 1.82) is 5.26 Å². The normalized spacial score (nSPS) is 14.4. The maximum absolute atomic E-state index is 13.4. The van der Waals surface area contributed by atoms with E-state index in [1.54, 1.807) is 6.07 Å². The number of nitrogens with zero attached hydrogens (tertiary/aromatic N) is 1. The number of ether oxygens (including phenoxy) is 1. The molecule has 1 fully saturated rings. The number of nitrogens with one attached hydrogen (secondary N) is 1. The zero-order chi connectivity index (χ0) is 12.8. The molecule has 0 spiro atoms. The van der Waals surface area contributed by atoms with Crippen molar-refractivity contribution < 1.29 is 9.13 Å². The molecule has 1 aromatic carbocycles. The summed E-state index contributed by atoms with van der Waals surface area (Å²) in [4.78, 5) is 0. The van der Waals surface area contributed by atoms with Crippen molar-refractivity contribution in [3.05, 3.63) is 35.1 Å². The smallest absolute Gasteiger partial charge is 0.127 e. The Morgan fingerprint density at radius 1 is 1.44 bits per heavy atom. The molecule has 0 atom stereocenters. The maximum Gasteiger partial charge on any atom is 0.127 e. The van der Waals surface area contributed by atoms with Gasteiger partial charge in [0.05, 0.1) is 18.2 Å². The molecule has 3 nitrogen and oxygen atoms in total.